The van der Waals surface area contributed by atoms with E-state index < -0.39 is 23.9 Å². The molecule has 0 saturated heterocycles. The van der Waals surface area contributed by atoms with E-state index in [1.807, 2.05) is 0 Å². The van der Waals surface area contributed by atoms with Crippen LogP contribution in [-0.2, 0) is 14.3 Å². The first-order chi connectivity index (χ1) is 17.8. The van der Waals surface area contributed by atoms with Gasteiger partial charge in [0, 0.05) is 15.7 Å². The Labute approximate surface area is 220 Å². The third kappa shape index (κ3) is 5.77. The first-order valence-corrected chi connectivity index (χ1v) is 11.7. The maximum absolute atomic E-state index is 12.3. The molecule has 13 heteroatoms. The average Bonchev–Trinajstić information content (AvgIpc) is 3.33. The molecule has 0 bridgehead atoms. The van der Waals surface area contributed by atoms with Crippen LogP contribution in [0.2, 0.25) is 0 Å². The van der Waals surface area contributed by atoms with Crippen molar-refractivity contribution in [1.29, 1.82) is 0 Å². The van der Waals surface area contributed by atoms with Crippen molar-refractivity contribution in [2.24, 2.45) is 5.10 Å². The lowest BCUT2D eigenvalue weighted by Gasteiger charge is -2.28. The van der Waals surface area contributed by atoms with Gasteiger partial charge in [-0.05, 0) is 52.7 Å². The van der Waals surface area contributed by atoms with Crippen LogP contribution in [0.1, 0.15) is 24.1 Å². The summed E-state index contributed by atoms with van der Waals surface area (Å²) in [4.78, 5) is 36.6. The summed E-state index contributed by atoms with van der Waals surface area (Å²) < 4.78 is 27.2. The largest absolute Gasteiger partial charge is 0.493 e. The molecule has 37 heavy (non-hydrogen) atoms. The molecule has 0 spiro atoms. The van der Waals surface area contributed by atoms with Crippen LogP contribution in [0.15, 0.2) is 51.2 Å². The van der Waals surface area contributed by atoms with Gasteiger partial charge in [0.2, 0.25) is 6.79 Å². The highest BCUT2D eigenvalue weighted by atomic mass is 79.9. The molecule has 0 aromatic heterocycles. The van der Waals surface area contributed by atoms with E-state index in [0.717, 1.165) is 4.47 Å². The Morgan fingerprint density at radius 3 is 2.68 bits per heavy atom. The molecule has 0 aliphatic carbocycles. The van der Waals surface area contributed by atoms with Crippen LogP contribution in [0.3, 0.4) is 0 Å². The number of methoxy groups -OCH3 is 2. The number of benzene rings is 2. The second-order valence-corrected chi connectivity index (χ2v) is 8.64. The first-order valence-electron chi connectivity index (χ1n) is 10.9. The summed E-state index contributed by atoms with van der Waals surface area (Å²) in [5.74, 6) is 0.702. The molecule has 3 amide bonds. The van der Waals surface area contributed by atoms with E-state index in [1.54, 1.807) is 37.3 Å². The summed E-state index contributed by atoms with van der Waals surface area (Å²) in [5, 5.41) is 9.21. The van der Waals surface area contributed by atoms with Crippen molar-refractivity contribution in [2.75, 3.05) is 27.6 Å². The monoisotopic (exact) mass is 574 g/mol. The number of nitrogens with zero attached hydrogens (tertiary/aromatic N) is 1. The highest BCUT2D eigenvalue weighted by Crippen LogP contribution is 2.36. The Morgan fingerprint density at radius 2 is 1.95 bits per heavy atom. The topological polar surface area (TPSA) is 146 Å². The molecule has 2 aliphatic heterocycles. The minimum Gasteiger partial charge on any atom is -0.493 e. The first kappa shape index (κ1) is 25.8. The number of hydrogen-bond donors (Lipinski definition) is 3. The zero-order chi connectivity index (χ0) is 26.5. The number of carbonyl (C=O) groups is 3. The quantitative estimate of drug-likeness (QED) is 0.247. The lowest BCUT2D eigenvalue weighted by molar-refractivity contribution is -0.136. The molecular formula is C24H23BrN4O8. The number of hydrazone groups is 1. The third-order valence-corrected chi connectivity index (χ3v) is 6.13. The van der Waals surface area contributed by atoms with E-state index in [4.69, 9.17) is 23.7 Å². The fraction of sp³-hybridized carbons (Fsp3) is 0.250. The predicted octanol–water partition coefficient (Wildman–Crippen LogP) is 2.52. The zero-order valence-corrected chi connectivity index (χ0v) is 21.6. The lowest BCUT2D eigenvalue weighted by Crippen LogP contribution is -2.45. The maximum Gasteiger partial charge on any atom is 0.337 e. The summed E-state index contributed by atoms with van der Waals surface area (Å²) in [7, 11) is 2.69. The van der Waals surface area contributed by atoms with Crippen LogP contribution in [0, 0.1) is 0 Å². The fourth-order valence-corrected chi connectivity index (χ4v) is 4.11. The van der Waals surface area contributed by atoms with Crippen LogP contribution in [0.4, 0.5) is 4.79 Å². The Balaban J connectivity index is 1.41. The maximum atomic E-state index is 12.3. The number of ether oxygens (including phenoxy) is 5. The number of halogens is 1. The molecule has 2 aromatic rings. The normalized spacial score (nSPS) is 16.2. The van der Waals surface area contributed by atoms with Crippen molar-refractivity contribution in [3.05, 3.63) is 57.2 Å². The van der Waals surface area contributed by atoms with Gasteiger partial charge in [0.1, 0.15) is 0 Å². The van der Waals surface area contributed by atoms with E-state index >= 15 is 0 Å². The number of hydrogen-bond acceptors (Lipinski definition) is 9. The molecular weight excluding hydrogens is 552 g/mol. The van der Waals surface area contributed by atoms with E-state index in [2.05, 4.69) is 37.1 Å². The van der Waals surface area contributed by atoms with Crippen LogP contribution in [-0.4, -0.2) is 51.7 Å². The smallest absolute Gasteiger partial charge is 0.337 e. The number of esters is 1. The lowest BCUT2D eigenvalue weighted by atomic mass is 9.95. The van der Waals surface area contributed by atoms with Gasteiger partial charge in [-0.3, -0.25) is 4.79 Å². The minimum absolute atomic E-state index is 0.149. The van der Waals surface area contributed by atoms with Gasteiger partial charge in [0.25, 0.3) is 5.91 Å². The Bertz CT molecular complexity index is 1310. The van der Waals surface area contributed by atoms with E-state index in [1.165, 1.54) is 20.4 Å². The van der Waals surface area contributed by atoms with E-state index in [9.17, 15) is 14.4 Å². The second-order valence-electron chi connectivity index (χ2n) is 7.78. The van der Waals surface area contributed by atoms with Crippen molar-refractivity contribution in [1.82, 2.24) is 16.1 Å². The van der Waals surface area contributed by atoms with Crippen molar-refractivity contribution < 1.29 is 38.1 Å². The predicted molar refractivity (Wildman–Crippen MR) is 134 cm³/mol. The SMILES string of the molecule is COC(=O)C1=C(C)NC(=O)N[C@H]1c1ccc(OCC(=O)N/N=C\c2cc3c(cc2Br)OCO3)c(OC)c1. The summed E-state index contributed by atoms with van der Waals surface area (Å²) in [6.07, 6.45) is 1.46. The number of amides is 3. The van der Waals surface area contributed by atoms with Gasteiger partial charge >= 0.3 is 12.0 Å². The van der Waals surface area contributed by atoms with Gasteiger partial charge in [-0.2, -0.15) is 5.10 Å². The van der Waals surface area contributed by atoms with Crippen molar-refractivity contribution in [2.45, 2.75) is 13.0 Å². The molecule has 2 aliphatic rings. The Hall–Kier alpha value is -4.26. The number of fused-ring (bicyclic) bond motifs is 1. The van der Waals surface area contributed by atoms with Crippen LogP contribution in [0.25, 0.3) is 0 Å². The highest BCUT2D eigenvalue weighted by molar-refractivity contribution is 9.10. The van der Waals surface area contributed by atoms with E-state index in [-0.39, 0.29) is 24.7 Å². The number of allylic oxidation sites excluding steroid dienone is 1. The highest BCUT2D eigenvalue weighted by Gasteiger charge is 2.32. The molecule has 3 N–H and O–H groups in total. The summed E-state index contributed by atoms with van der Waals surface area (Å²) in [6, 6.07) is 7.10. The number of urea groups is 1. The zero-order valence-electron chi connectivity index (χ0n) is 20.0. The second kappa shape index (κ2) is 11.2. The third-order valence-electron chi connectivity index (χ3n) is 5.44. The van der Waals surface area contributed by atoms with Gasteiger partial charge < -0.3 is 34.3 Å². The molecule has 4 rings (SSSR count). The molecule has 0 unspecified atom stereocenters. The van der Waals surface area contributed by atoms with Gasteiger partial charge in [0.05, 0.1) is 32.0 Å². The van der Waals surface area contributed by atoms with Crippen LogP contribution in [0.5, 0.6) is 23.0 Å². The van der Waals surface area contributed by atoms with E-state index in [0.29, 0.717) is 34.1 Å². The number of carbonyl (C=O) groups excluding carboxylic acids is 3. The average molecular weight is 575 g/mol. The van der Waals surface area contributed by atoms with Gasteiger partial charge in [-0.1, -0.05) is 6.07 Å². The standard InChI is InChI=1S/C24H23BrN4O8/c1-12-21(23(31)34-3)22(28-24(32)27-12)13-4-5-16(17(6-13)33-2)35-10-20(30)29-26-9-14-7-18-19(8-15(14)25)37-11-36-18/h4-9,22H,10-11H2,1-3H3,(H,29,30)(H2,27,28,32)/b26-9-/t22-/m0/s1. The molecule has 0 fully saturated rings. The molecule has 2 aromatic carbocycles. The molecule has 12 nitrogen and oxygen atoms in total. The molecule has 0 radical (unpaired) electrons. The Morgan fingerprint density at radius 1 is 1.19 bits per heavy atom. The molecule has 2 heterocycles. The summed E-state index contributed by atoms with van der Waals surface area (Å²) in [5.41, 5.74) is 4.27. The Kier molecular flexibility index (Phi) is 7.82. The van der Waals surface area contributed by atoms with Crippen molar-refractivity contribution in [3.63, 3.8) is 0 Å². The summed E-state index contributed by atoms with van der Waals surface area (Å²) >= 11 is 3.42. The minimum atomic E-state index is -0.766. The number of nitrogens with one attached hydrogen (secondary N) is 3. The fourth-order valence-electron chi connectivity index (χ4n) is 3.69. The van der Waals surface area contributed by atoms with Crippen LogP contribution >= 0.6 is 15.9 Å². The number of rotatable bonds is 8. The van der Waals surface area contributed by atoms with Gasteiger partial charge in [-0.15, -0.1) is 0 Å². The molecule has 0 saturated carbocycles. The van der Waals surface area contributed by atoms with Crippen molar-refractivity contribution >= 4 is 40.1 Å². The van der Waals surface area contributed by atoms with Gasteiger partial charge in [-0.25, -0.2) is 15.0 Å². The summed E-state index contributed by atoms with van der Waals surface area (Å²) in [6.45, 7) is 1.42. The van der Waals surface area contributed by atoms with Crippen molar-refractivity contribution in [3.8, 4) is 23.0 Å². The molecule has 194 valence electrons. The van der Waals surface area contributed by atoms with Gasteiger partial charge in [0.15, 0.2) is 29.6 Å². The molecule has 1 atom stereocenters. The van der Waals surface area contributed by atoms with Crippen LogP contribution < -0.4 is 35.0 Å².